The van der Waals surface area contributed by atoms with E-state index in [2.05, 4.69) is 14.5 Å². The number of carbonyl (C=O) groups is 1. The van der Waals surface area contributed by atoms with Gasteiger partial charge in [0, 0.05) is 12.1 Å². The van der Waals surface area contributed by atoms with Gasteiger partial charge in [0.25, 0.3) is 0 Å². The summed E-state index contributed by atoms with van der Waals surface area (Å²) in [6.07, 6.45) is -4.85. The second-order valence-corrected chi connectivity index (χ2v) is 4.05. The number of nitrogens with two attached hydrogens (primary N) is 1. The topological polar surface area (TPSA) is 74.4 Å². The number of carbonyl (C=O) groups excluding carboxylic acids is 1. The van der Waals surface area contributed by atoms with Crippen LogP contribution in [0.5, 0.6) is 5.75 Å². The minimum absolute atomic E-state index is 0.0205. The van der Waals surface area contributed by atoms with Gasteiger partial charge in [-0.25, -0.2) is 9.78 Å². The third-order valence-corrected chi connectivity index (χ3v) is 2.57. The summed E-state index contributed by atoms with van der Waals surface area (Å²) in [7, 11) is 1.14. The molecule has 0 bridgehead atoms. The minimum atomic E-state index is -4.85. The molecule has 18 heavy (non-hydrogen) atoms. The number of pyridine rings is 1. The molecule has 1 aromatic heterocycles. The highest BCUT2D eigenvalue weighted by molar-refractivity contribution is 14.1. The van der Waals surface area contributed by atoms with Crippen LogP contribution in [0.25, 0.3) is 0 Å². The molecule has 100 valence electrons. The van der Waals surface area contributed by atoms with E-state index in [0.29, 0.717) is 0 Å². The van der Waals surface area contributed by atoms with E-state index in [1.54, 1.807) is 0 Å². The van der Waals surface area contributed by atoms with E-state index in [1.807, 2.05) is 0 Å². The molecule has 5 nitrogen and oxygen atoms in total. The van der Waals surface area contributed by atoms with Crippen molar-refractivity contribution in [2.24, 2.45) is 5.73 Å². The van der Waals surface area contributed by atoms with Crippen LogP contribution < -0.4 is 10.5 Å². The standard InChI is InChI=1S/C9H8F3IN2O3/c1-17-8(16)5-2-4(3-14)6(7(13)15-5)18-9(10,11)12/h2H,3,14H2,1H3. The number of hydrogen-bond donors (Lipinski definition) is 1. The molecule has 0 unspecified atom stereocenters. The SMILES string of the molecule is COC(=O)c1cc(CN)c(OC(F)(F)F)c(I)n1. The van der Waals surface area contributed by atoms with Gasteiger partial charge < -0.3 is 15.2 Å². The number of methoxy groups -OCH3 is 1. The number of hydrogen-bond acceptors (Lipinski definition) is 5. The van der Waals surface area contributed by atoms with Crippen molar-refractivity contribution in [1.29, 1.82) is 0 Å². The van der Waals surface area contributed by atoms with Crippen molar-refractivity contribution < 1.29 is 27.4 Å². The Morgan fingerprint density at radius 2 is 2.17 bits per heavy atom. The van der Waals surface area contributed by atoms with Gasteiger partial charge in [-0.1, -0.05) is 0 Å². The molecule has 1 aromatic rings. The van der Waals surface area contributed by atoms with Gasteiger partial charge in [-0.3, -0.25) is 0 Å². The zero-order valence-corrected chi connectivity index (χ0v) is 11.2. The highest BCUT2D eigenvalue weighted by Crippen LogP contribution is 2.30. The van der Waals surface area contributed by atoms with Crippen LogP contribution in [0.4, 0.5) is 13.2 Å². The Kier molecular flexibility index (Phi) is 4.73. The van der Waals surface area contributed by atoms with Crippen LogP contribution in [0.3, 0.4) is 0 Å². The summed E-state index contributed by atoms with van der Waals surface area (Å²) in [5, 5.41) is 0. The molecule has 0 aliphatic carbocycles. The van der Waals surface area contributed by atoms with E-state index in [9.17, 15) is 18.0 Å². The number of rotatable bonds is 3. The average molecular weight is 376 g/mol. The van der Waals surface area contributed by atoms with Gasteiger partial charge in [-0.2, -0.15) is 0 Å². The molecule has 0 saturated heterocycles. The Morgan fingerprint density at radius 3 is 2.61 bits per heavy atom. The molecule has 2 N–H and O–H groups in total. The maximum absolute atomic E-state index is 12.2. The molecule has 0 saturated carbocycles. The van der Waals surface area contributed by atoms with Crippen molar-refractivity contribution in [2.45, 2.75) is 12.9 Å². The predicted molar refractivity (Wildman–Crippen MR) is 62.9 cm³/mol. The summed E-state index contributed by atoms with van der Waals surface area (Å²) in [5.74, 6) is -1.26. The second kappa shape index (κ2) is 5.69. The number of ether oxygens (including phenoxy) is 2. The normalized spacial score (nSPS) is 11.2. The van der Waals surface area contributed by atoms with Crippen LogP contribution in [0.15, 0.2) is 6.07 Å². The largest absolute Gasteiger partial charge is 0.573 e. The van der Waals surface area contributed by atoms with E-state index >= 15 is 0 Å². The molecular formula is C9H8F3IN2O3. The van der Waals surface area contributed by atoms with Crippen molar-refractivity contribution in [3.05, 3.63) is 21.0 Å². The van der Waals surface area contributed by atoms with Gasteiger partial charge in [-0.05, 0) is 28.7 Å². The first kappa shape index (κ1) is 15.0. The van der Waals surface area contributed by atoms with Gasteiger partial charge in [0.15, 0.2) is 5.75 Å². The summed E-state index contributed by atoms with van der Waals surface area (Å²) >= 11 is 1.53. The average Bonchev–Trinajstić information content (AvgIpc) is 2.28. The van der Waals surface area contributed by atoms with Crippen molar-refractivity contribution in [3.8, 4) is 5.75 Å². The van der Waals surface area contributed by atoms with Crippen LogP contribution in [0.2, 0.25) is 0 Å². The number of nitrogens with zero attached hydrogens (tertiary/aromatic N) is 1. The van der Waals surface area contributed by atoms with Gasteiger partial charge in [0.1, 0.15) is 9.39 Å². The van der Waals surface area contributed by atoms with Gasteiger partial charge >= 0.3 is 12.3 Å². The molecule has 0 fully saturated rings. The predicted octanol–water partition coefficient (Wildman–Crippen LogP) is 1.83. The Bertz CT molecular complexity index is 465. The number of esters is 1. The summed E-state index contributed by atoms with van der Waals surface area (Å²) in [4.78, 5) is 14.9. The van der Waals surface area contributed by atoms with Crippen LogP contribution >= 0.6 is 22.6 Å². The van der Waals surface area contributed by atoms with Crippen molar-refractivity contribution in [1.82, 2.24) is 4.98 Å². The van der Waals surface area contributed by atoms with Crippen LogP contribution in [0.1, 0.15) is 16.1 Å². The lowest BCUT2D eigenvalue weighted by molar-refractivity contribution is -0.275. The zero-order valence-electron chi connectivity index (χ0n) is 9.05. The number of halogens is 4. The van der Waals surface area contributed by atoms with E-state index in [4.69, 9.17) is 5.73 Å². The van der Waals surface area contributed by atoms with Gasteiger partial charge in [-0.15, -0.1) is 13.2 Å². The molecule has 0 aliphatic rings. The third kappa shape index (κ3) is 3.70. The first-order chi connectivity index (χ1) is 8.28. The molecule has 9 heteroatoms. The van der Waals surface area contributed by atoms with E-state index < -0.39 is 18.1 Å². The quantitative estimate of drug-likeness (QED) is 0.495. The lowest BCUT2D eigenvalue weighted by atomic mass is 10.2. The summed E-state index contributed by atoms with van der Waals surface area (Å²) < 4.78 is 44.7. The first-order valence-electron chi connectivity index (χ1n) is 4.52. The highest BCUT2D eigenvalue weighted by Gasteiger charge is 2.33. The van der Waals surface area contributed by atoms with Gasteiger partial charge in [0.05, 0.1) is 7.11 Å². The molecule has 0 atom stereocenters. The smallest absolute Gasteiger partial charge is 0.464 e. The van der Waals surface area contributed by atoms with Crippen LogP contribution in [-0.4, -0.2) is 24.4 Å². The Hall–Kier alpha value is -1.10. The fourth-order valence-electron chi connectivity index (χ4n) is 1.14. The fourth-order valence-corrected chi connectivity index (χ4v) is 1.85. The maximum Gasteiger partial charge on any atom is 0.573 e. The van der Waals surface area contributed by atoms with E-state index in [1.165, 1.54) is 22.6 Å². The Balaban J connectivity index is 3.24. The van der Waals surface area contributed by atoms with Crippen molar-refractivity contribution in [3.63, 3.8) is 0 Å². The third-order valence-electron chi connectivity index (χ3n) is 1.84. The summed E-state index contributed by atoms with van der Waals surface area (Å²) in [6.45, 7) is -0.228. The lowest BCUT2D eigenvalue weighted by Crippen LogP contribution is -2.21. The maximum atomic E-state index is 12.2. The van der Waals surface area contributed by atoms with Crippen LogP contribution in [-0.2, 0) is 11.3 Å². The molecule has 0 amide bonds. The number of alkyl halides is 3. The Labute approximate surface area is 114 Å². The van der Waals surface area contributed by atoms with E-state index in [-0.39, 0.29) is 21.5 Å². The van der Waals surface area contributed by atoms with Crippen molar-refractivity contribution >= 4 is 28.6 Å². The molecule has 0 radical (unpaired) electrons. The minimum Gasteiger partial charge on any atom is -0.464 e. The molecular weight excluding hydrogens is 368 g/mol. The number of aromatic nitrogens is 1. The highest BCUT2D eigenvalue weighted by atomic mass is 127. The van der Waals surface area contributed by atoms with Gasteiger partial charge in [0.2, 0.25) is 0 Å². The van der Waals surface area contributed by atoms with E-state index in [0.717, 1.165) is 13.2 Å². The van der Waals surface area contributed by atoms with Crippen LogP contribution in [0, 0.1) is 3.70 Å². The first-order valence-corrected chi connectivity index (χ1v) is 5.60. The molecule has 0 spiro atoms. The summed E-state index contributed by atoms with van der Waals surface area (Å²) in [6, 6.07) is 1.11. The van der Waals surface area contributed by atoms with Crippen molar-refractivity contribution in [2.75, 3.05) is 7.11 Å². The monoisotopic (exact) mass is 376 g/mol. The lowest BCUT2D eigenvalue weighted by Gasteiger charge is -2.14. The fraction of sp³-hybridized carbons (Fsp3) is 0.333. The zero-order chi connectivity index (χ0) is 13.9. The summed E-state index contributed by atoms with van der Waals surface area (Å²) in [5.41, 5.74) is 5.21. The molecule has 1 heterocycles. The molecule has 0 aromatic carbocycles. The second-order valence-electron chi connectivity index (χ2n) is 3.03. The molecule has 0 aliphatic heterocycles. The molecule has 1 rings (SSSR count). The Morgan fingerprint density at radius 1 is 1.56 bits per heavy atom.